The van der Waals surface area contributed by atoms with E-state index in [1.165, 1.54) is 0 Å². The maximum absolute atomic E-state index is 9.03. The number of hydrogen-bond acceptors (Lipinski definition) is 3. The second-order valence-electron chi connectivity index (χ2n) is 5.07. The zero-order chi connectivity index (χ0) is 14.2. The van der Waals surface area contributed by atoms with Gasteiger partial charge in [0, 0.05) is 18.3 Å². The van der Waals surface area contributed by atoms with Crippen molar-refractivity contribution >= 4 is 0 Å². The Morgan fingerprint density at radius 2 is 1.95 bits per heavy atom. The smallest absolute Gasteiger partial charge is 0.141 e. The maximum atomic E-state index is 9.03. The van der Waals surface area contributed by atoms with Crippen molar-refractivity contribution in [2.45, 2.75) is 13.0 Å². The third-order valence-electron chi connectivity index (χ3n) is 3.87. The predicted molar refractivity (Wildman–Crippen MR) is 79.3 cm³/mol. The Labute approximate surface area is 122 Å². The van der Waals surface area contributed by atoms with Gasteiger partial charge in [-0.05, 0) is 23.6 Å². The predicted octanol–water partition coefficient (Wildman–Crippen LogP) is 3.04. The summed E-state index contributed by atoms with van der Waals surface area (Å²) in [6, 6.07) is 14.2. The molecule has 21 heavy (non-hydrogen) atoms. The van der Waals surface area contributed by atoms with Crippen LogP contribution in [0.4, 0.5) is 0 Å². The number of benzene rings is 1. The molecule has 4 rings (SSSR count). The zero-order valence-electron chi connectivity index (χ0n) is 11.3. The van der Waals surface area contributed by atoms with Crippen molar-refractivity contribution in [3.8, 4) is 28.7 Å². The van der Waals surface area contributed by atoms with Crippen LogP contribution in [-0.2, 0) is 13.0 Å². The molecule has 1 aliphatic heterocycles. The fourth-order valence-corrected chi connectivity index (χ4v) is 2.84. The van der Waals surface area contributed by atoms with Crippen molar-refractivity contribution in [1.82, 2.24) is 14.5 Å². The molecule has 1 aromatic carbocycles. The molecule has 0 bridgehead atoms. The number of pyridine rings is 1. The van der Waals surface area contributed by atoms with E-state index >= 15 is 0 Å². The van der Waals surface area contributed by atoms with Gasteiger partial charge in [0.2, 0.25) is 0 Å². The number of rotatable bonds is 1. The summed E-state index contributed by atoms with van der Waals surface area (Å²) in [5, 5.41) is 9.03. The molecule has 0 aliphatic carbocycles. The van der Waals surface area contributed by atoms with E-state index in [0.29, 0.717) is 5.69 Å². The lowest BCUT2D eigenvalue weighted by molar-refractivity contribution is 0.687. The lowest BCUT2D eigenvalue weighted by Crippen LogP contribution is -2.12. The van der Waals surface area contributed by atoms with Crippen LogP contribution in [0.2, 0.25) is 0 Å². The normalized spacial score (nSPS) is 12.3. The van der Waals surface area contributed by atoms with Gasteiger partial charge in [0.15, 0.2) is 0 Å². The molecule has 0 fully saturated rings. The van der Waals surface area contributed by atoms with Crippen LogP contribution in [0.15, 0.2) is 48.8 Å². The minimum Gasteiger partial charge on any atom is -0.324 e. The molecule has 0 unspecified atom stereocenters. The summed E-state index contributed by atoms with van der Waals surface area (Å²) in [5.41, 5.74) is 4.90. The molecule has 0 radical (unpaired) electrons. The fraction of sp³-hybridized carbons (Fsp3) is 0.118. The highest BCUT2D eigenvalue weighted by Gasteiger charge is 2.21. The molecule has 0 saturated carbocycles. The van der Waals surface area contributed by atoms with Crippen LogP contribution in [0.3, 0.4) is 0 Å². The summed E-state index contributed by atoms with van der Waals surface area (Å²) < 4.78 is 2.22. The quantitative estimate of drug-likeness (QED) is 0.684. The Kier molecular flexibility index (Phi) is 2.58. The van der Waals surface area contributed by atoms with Crippen LogP contribution in [0.1, 0.15) is 11.3 Å². The van der Waals surface area contributed by atoms with Gasteiger partial charge in [0.1, 0.15) is 17.6 Å². The van der Waals surface area contributed by atoms with Crippen molar-refractivity contribution in [2.24, 2.45) is 0 Å². The molecule has 3 heterocycles. The van der Waals surface area contributed by atoms with Crippen molar-refractivity contribution in [3.63, 3.8) is 0 Å². The van der Waals surface area contributed by atoms with Crippen LogP contribution in [0.5, 0.6) is 0 Å². The summed E-state index contributed by atoms with van der Waals surface area (Å²) in [5.74, 6) is 0.925. The van der Waals surface area contributed by atoms with E-state index in [9.17, 15) is 0 Å². The van der Waals surface area contributed by atoms with E-state index < -0.39 is 0 Å². The monoisotopic (exact) mass is 272 g/mol. The van der Waals surface area contributed by atoms with Crippen molar-refractivity contribution in [2.75, 3.05) is 0 Å². The first-order chi connectivity index (χ1) is 10.4. The van der Waals surface area contributed by atoms with Gasteiger partial charge in [-0.2, -0.15) is 5.26 Å². The number of fused-ring (bicyclic) bond motifs is 3. The van der Waals surface area contributed by atoms with Gasteiger partial charge in [-0.15, -0.1) is 0 Å². The van der Waals surface area contributed by atoms with Crippen LogP contribution in [0.25, 0.3) is 22.6 Å². The van der Waals surface area contributed by atoms with Crippen molar-refractivity contribution in [1.29, 1.82) is 5.26 Å². The molecular formula is C17H12N4. The number of nitriles is 1. The SMILES string of the molecule is N#Cc1cc2c(cn1)CCn1c(-c3ccccc3)cnc1-2. The summed E-state index contributed by atoms with van der Waals surface area (Å²) in [6.45, 7) is 0.889. The zero-order valence-corrected chi connectivity index (χ0v) is 11.3. The van der Waals surface area contributed by atoms with E-state index in [1.54, 1.807) is 6.20 Å². The van der Waals surface area contributed by atoms with Gasteiger partial charge < -0.3 is 4.57 Å². The van der Waals surface area contributed by atoms with Crippen LogP contribution < -0.4 is 0 Å². The molecule has 1 aliphatic rings. The lowest BCUT2D eigenvalue weighted by atomic mass is 10.0. The van der Waals surface area contributed by atoms with Gasteiger partial charge in [-0.25, -0.2) is 9.97 Å². The third-order valence-corrected chi connectivity index (χ3v) is 3.87. The molecule has 0 saturated heterocycles. The topological polar surface area (TPSA) is 54.5 Å². The van der Waals surface area contributed by atoms with Crippen LogP contribution in [0, 0.1) is 11.3 Å². The first-order valence-corrected chi connectivity index (χ1v) is 6.87. The van der Waals surface area contributed by atoms with Gasteiger partial charge in [-0.1, -0.05) is 30.3 Å². The Balaban J connectivity index is 1.90. The molecule has 0 N–H and O–H groups in total. The second-order valence-corrected chi connectivity index (χ2v) is 5.07. The van der Waals surface area contributed by atoms with Gasteiger partial charge in [-0.3, -0.25) is 0 Å². The second kappa shape index (κ2) is 4.57. The standard InChI is InChI=1S/C17H12N4/c18-9-14-8-15-13(10-19-14)6-7-21-16(11-20-17(15)21)12-4-2-1-3-5-12/h1-5,8,10-11H,6-7H2. The molecular weight excluding hydrogens is 260 g/mol. The average molecular weight is 272 g/mol. The van der Waals surface area contributed by atoms with Gasteiger partial charge >= 0.3 is 0 Å². The Hall–Kier alpha value is -2.93. The third kappa shape index (κ3) is 1.83. The van der Waals surface area contributed by atoms with Gasteiger partial charge in [0.05, 0.1) is 11.9 Å². The first-order valence-electron chi connectivity index (χ1n) is 6.87. The Morgan fingerprint density at radius 3 is 2.76 bits per heavy atom. The number of aryl methyl sites for hydroxylation is 1. The van der Waals surface area contributed by atoms with Crippen LogP contribution >= 0.6 is 0 Å². The summed E-state index contributed by atoms with van der Waals surface area (Å²) >= 11 is 0. The summed E-state index contributed by atoms with van der Waals surface area (Å²) in [6.07, 6.45) is 4.62. The fourth-order valence-electron chi connectivity index (χ4n) is 2.84. The molecule has 100 valence electrons. The number of hydrogen-bond donors (Lipinski definition) is 0. The first kappa shape index (κ1) is 11.9. The molecule has 4 heteroatoms. The highest BCUT2D eigenvalue weighted by Crippen LogP contribution is 2.32. The van der Waals surface area contributed by atoms with Crippen molar-refractivity contribution in [3.05, 3.63) is 60.0 Å². The minimum absolute atomic E-state index is 0.437. The molecule has 0 spiro atoms. The average Bonchev–Trinajstić information content (AvgIpc) is 2.99. The Morgan fingerprint density at radius 1 is 1.10 bits per heavy atom. The van der Waals surface area contributed by atoms with Gasteiger partial charge in [0.25, 0.3) is 0 Å². The molecule has 4 nitrogen and oxygen atoms in total. The van der Waals surface area contributed by atoms with E-state index in [-0.39, 0.29) is 0 Å². The molecule has 3 aromatic rings. The Bertz CT molecular complexity index is 856. The highest BCUT2D eigenvalue weighted by atomic mass is 15.1. The van der Waals surface area contributed by atoms with E-state index in [0.717, 1.165) is 41.2 Å². The number of nitrogens with zero attached hydrogens (tertiary/aromatic N) is 4. The van der Waals surface area contributed by atoms with Crippen molar-refractivity contribution < 1.29 is 0 Å². The highest BCUT2D eigenvalue weighted by molar-refractivity contribution is 5.69. The maximum Gasteiger partial charge on any atom is 0.141 e. The summed E-state index contributed by atoms with van der Waals surface area (Å²) in [4.78, 5) is 8.73. The van der Waals surface area contributed by atoms with E-state index in [2.05, 4.69) is 32.7 Å². The number of imidazole rings is 1. The van der Waals surface area contributed by atoms with Crippen LogP contribution in [-0.4, -0.2) is 14.5 Å². The summed E-state index contributed by atoms with van der Waals surface area (Å²) in [7, 11) is 0. The molecule has 2 aromatic heterocycles. The van der Waals surface area contributed by atoms with E-state index in [4.69, 9.17) is 5.26 Å². The van der Waals surface area contributed by atoms with E-state index in [1.807, 2.05) is 30.5 Å². The lowest BCUT2D eigenvalue weighted by Gasteiger charge is -2.19. The molecule has 0 amide bonds. The molecule has 0 atom stereocenters. The largest absolute Gasteiger partial charge is 0.324 e. The number of aromatic nitrogens is 3. The minimum atomic E-state index is 0.437.